The van der Waals surface area contributed by atoms with Crippen LogP contribution in [0, 0.1) is 15.5 Å². The highest BCUT2D eigenvalue weighted by Gasteiger charge is 2.57. The third-order valence-electron chi connectivity index (χ3n) is 4.24. The SMILES string of the molecule is CCOC(=O)C1(C(C[N+](=O)[O-])c2ccccc2)CCCC1=O. The summed E-state index contributed by atoms with van der Waals surface area (Å²) in [6, 6.07) is 8.74. The summed E-state index contributed by atoms with van der Waals surface area (Å²) >= 11 is 0. The zero-order valence-electron chi connectivity index (χ0n) is 12.5. The molecule has 1 aliphatic carbocycles. The van der Waals surface area contributed by atoms with Gasteiger partial charge in [0.25, 0.3) is 0 Å². The van der Waals surface area contributed by atoms with Crippen molar-refractivity contribution in [1.29, 1.82) is 0 Å². The van der Waals surface area contributed by atoms with Crippen LogP contribution in [-0.4, -0.2) is 29.8 Å². The topological polar surface area (TPSA) is 86.5 Å². The molecule has 2 unspecified atom stereocenters. The van der Waals surface area contributed by atoms with Gasteiger partial charge in [0, 0.05) is 11.3 Å². The van der Waals surface area contributed by atoms with Crippen molar-refractivity contribution in [1.82, 2.24) is 0 Å². The Bertz CT molecular complexity index is 571. The molecule has 2 atom stereocenters. The van der Waals surface area contributed by atoms with Crippen molar-refractivity contribution < 1.29 is 19.2 Å². The summed E-state index contributed by atoms with van der Waals surface area (Å²) < 4.78 is 5.10. The molecular formula is C16H19NO5. The fourth-order valence-electron chi connectivity index (χ4n) is 3.26. The Kier molecular flexibility index (Phi) is 4.90. The minimum atomic E-state index is -1.43. The number of ketones is 1. The monoisotopic (exact) mass is 305 g/mol. The van der Waals surface area contributed by atoms with E-state index >= 15 is 0 Å². The van der Waals surface area contributed by atoms with Gasteiger partial charge in [0.05, 0.1) is 12.5 Å². The Hall–Kier alpha value is -2.24. The van der Waals surface area contributed by atoms with Crippen LogP contribution >= 0.6 is 0 Å². The lowest BCUT2D eigenvalue weighted by atomic mass is 9.70. The molecule has 1 aliphatic rings. The summed E-state index contributed by atoms with van der Waals surface area (Å²) in [4.78, 5) is 35.6. The number of carbonyl (C=O) groups excluding carboxylic acids is 2. The van der Waals surface area contributed by atoms with Gasteiger partial charge in [0.1, 0.15) is 5.41 Å². The minimum absolute atomic E-state index is 0.147. The van der Waals surface area contributed by atoms with E-state index in [9.17, 15) is 19.7 Å². The van der Waals surface area contributed by atoms with E-state index in [4.69, 9.17) is 4.74 Å². The number of esters is 1. The second-order valence-electron chi connectivity index (χ2n) is 5.45. The fourth-order valence-corrected chi connectivity index (χ4v) is 3.26. The van der Waals surface area contributed by atoms with Crippen LogP contribution in [0.2, 0.25) is 0 Å². The van der Waals surface area contributed by atoms with Crippen molar-refractivity contribution >= 4 is 11.8 Å². The maximum absolute atomic E-state index is 12.5. The molecule has 0 aliphatic heterocycles. The zero-order valence-corrected chi connectivity index (χ0v) is 12.5. The van der Waals surface area contributed by atoms with Crippen LogP contribution in [0.4, 0.5) is 0 Å². The third-order valence-corrected chi connectivity index (χ3v) is 4.24. The Balaban J connectivity index is 2.51. The summed E-state index contributed by atoms with van der Waals surface area (Å²) in [6.45, 7) is 1.35. The molecule has 1 saturated carbocycles. The molecule has 0 spiro atoms. The lowest BCUT2D eigenvalue weighted by Gasteiger charge is -2.31. The van der Waals surface area contributed by atoms with E-state index in [2.05, 4.69) is 0 Å². The third kappa shape index (κ3) is 2.86. The van der Waals surface area contributed by atoms with Crippen molar-refractivity contribution in [3.63, 3.8) is 0 Å². The second-order valence-corrected chi connectivity index (χ2v) is 5.45. The molecule has 0 N–H and O–H groups in total. The summed E-state index contributed by atoms with van der Waals surface area (Å²) in [6.07, 6.45) is 1.12. The van der Waals surface area contributed by atoms with E-state index in [0.717, 1.165) is 0 Å². The highest BCUT2D eigenvalue weighted by atomic mass is 16.6. The van der Waals surface area contributed by atoms with Gasteiger partial charge in [-0.1, -0.05) is 30.3 Å². The first kappa shape index (κ1) is 16.1. The van der Waals surface area contributed by atoms with E-state index in [0.29, 0.717) is 18.4 Å². The van der Waals surface area contributed by atoms with Gasteiger partial charge in [-0.25, -0.2) is 0 Å². The number of Topliss-reactive ketones (excluding diaryl/α,β-unsaturated/α-hetero) is 1. The standard InChI is InChI=1S/C16H19NO5/c1-2-22-15(19)16(10-6-9-14(16)18)13(11-17(20)21)12-7-4-3-5-8-12/h3-5,7-8,13H,2,6,9-11H2,1H3. The van der Waals surface area contributed by atoms with E-state index in [1.165, 1.54) is 0 Å². The molecule has 0 radical (unpaired) electrons. The summed E-state index contributed by atoms with van der Waals surface area (Å²) in [7, 11) is 0. The molecule has 118 valence electrons. The molecular weight excluding hydrogens is 286 g/mol. The van der Waals surface area contributed by atoms with Gasteiger partial charge in [-0.05, 0) is 25.3 Å². The smallest absolute Gasteiger partial charge is 0.320 e. The molecule has 22 heavy (non-hydrogen) atoms. The average molecular weight is 305 g/mol. The van der Waals surface area contributed by atoms with Crippen LogP contribution in [0.15, 0.2) is 30.3 Å². The largest absolute Gasteiger partial charge is 0.465 e. The quantitative estimate of drug-likeness (QED) is 0.348. The minimum Gasteiger partial charge on any atom is -0.465 e. The molecule has 0 bridgehead atoms. The van der Waals surface area contributed by atoms with Crippen LogP contribution in [0.3, 0.4) is 0 Å². The highest BCUT2D eigenvalue weighted by Crippen LogP contribution is 2.47. The number of rotatable bonds is 6. The van der Waals surface area contributed by atoms with Crippen molar-refractivity contribution in [2.45, 2.75) is 32.1 Å². The molecule has 0 aromatic heterocycles. The Morgan fingerprint density at radius 3 is 2.59 bits per heavy atom. The van der Waals surface area contributed by atoms with Gasteiger partial charge in [-0.3, -0.25) is 19.7 Å². The predicted molar refractivity (Wildman–Crippen MR) is 79.0 cm³/mol. The number of carbonyl (C=O) groups is 2. The molecule has 1 aromatic carbocycles. The maximum Gasteiger partial charge on any atom is 0.320 e. The molecule has 0 heterocycles. The lowest BCUT2D eigenvalue weighted by molar-refractivity contribution is -0.485. The van der Waals surface area contributed by atoms with Crippen molar-refractivity contribution in [2.75, 3.05) is 13.2 Å². The van der Waals surface area contributed by atoms with E-state index in [1.807, 2.05) is 0 Å². The highest BCUT2D eigenvalue weighted by molar-refractivity contribution is 6.06. The summed E-state index contributed by atoms with van der Waals surface area (Å²) in [5.74, 6) is -1.67. The number of hydrogen-bond acceptors (Lipinski definition) is 5. The molecule has 6 heteroatoms. The number of hydrogen-bond donors (Lipinski definition) is 0. The van der Waals surface area contributed by atoms with Crippen LogP contribution in [0.1, 0.15) is 37.7 Å². The van der Waals surface area contributed by atoms with Crippen molar-refractivity contribution in [3.8, 4) is 0 Å². The number of benzene rings is 1. The maximum atomic E-state index is 12.5. The Labute approximate surface area is 128 Å². The summed E-state index contributed by atoms with van der Waals surface area (Å²) in [5, 5.41) is 11.1. The zero-order chi connectivity index (χ0) is 16.2. The number of nitrogens with zero attached hydrogens (tertiary/aromatic N) is 1. The van der Waals surface area contributed by atoms with Gasteiger partial charge in [0.15, 0.2) is 5.78 Å². The predicted octanol–water partition coefficient (Wildman–Crippen LogP) is 2.35. The van der Waals surface area contributed by atoms with Crippen LogP contribution in [0.5, 0.6) is 0 Å². The Morgan fingerprint density at radius 2 is 2.09 bits per heavy atom. The molecule has 6 nitrogen and oxygen atoms in total. The van der Waals surface area contributed by atoms with Crippen molar-refractivity contribution in [2.24, 2.45) is 5.41 Å². The average Bonchev–Trinajstić information content (AvgIpc) is 2.88. The molecule has 1 aromatic rings. The molecule has 1 fully saturated rings. The second kappa shape index (κ2) is 6.68. The number of nitro groups is 1. The van der Waals surface area contributed by atoms with E-state index in [-0.39, 0.29) is 18.8 Å². The van der Waals surface area contributed by atoms with E-state index in [1.54, 1.807) is 37.3 Å². The van der Waals surface area contributed by atoms with Crippen molar-refractivity contribution in [3.05, 3.63) is 46.0 Å². The van der Waals surface area contributed by atoms with Crippen LogP contribution in [-0.2, 0) is 14.3 Å². The van der Waals surface area contributed by atoms with Gasteiger partial charge < -0.3 is 4.74 Å². The number of ether oxygens (including phenoxy) is 1. The lowest BCUT2D eigenvalue weighted by Crippen LogP contribution is -2.44. The first-order chi connectivity index (χ1) is 10.5. The van der Waals surface area contributed by atoms with Gasteiger partial charge in [-0.2, -0.15) is 0 Å². The molecule has 0 amide bonds. The fraction of sp³-hybridized carbons (Fsp3) is 0.500. The molecule has 0 saturated heterocycles. The van der Waals surface area contributed by atoms with Gasteiger partial charge in [-0.15, -0.1) is 0 Å². The van der Waals surface area contributed by atoms with E-state index < -0.39 is 28.8 Å². The van der Waals surface area contributed by atoms with Crippen LogP contribution in [0.25, 0.3) is 0 Å². The van der Waals surface area contributed by atoms with Gasteiger partial charge >= 0.3 is 5.97 Å². The first-order valence-electron chi connectivity index (χ1n) is 7.39. The van der Waals surface area contributed by atoms with Crippen LogP contribution < -0.4 is 0 Å². The molecule has 2 rings (SSSR count). The normalized spacial score (nSPS) is 22.3. The van der Waals surface area contributed by atoms with Gasteiger partial charge in [0.2, 0.25) is 6.54 Å². The Morgan fingerprint density at radius 1 is 1.41 bits per heavy atom. The first-order valence-corrected chi connectivity index (χ1v) is 7.39. The summed E-state index contributed by atoms with van der Waals surface area (Å²) in [5.41, 5.74) is -0.799.